The second-order valence-corrected chi connectivity index (χ2v) is 14.9. The lowest BCUT2D eigenvalue weighted by atomic mass is 9.97. The number of imidazole rings is 1. The van der Waals surface area contributed by atoms with Gasteiger partial charge < -0.3 is 45.8 Å². The van der Waals surface area contributed by atoms with Crippen LogP contribution < -0.4 is 26.2 Å². The van der Waals surface area contributed by atoms with E-state index in [-0.39, 0.29) is 43.4 Å². The number of carbonyl (C=O) groups is 2. The molecule has 6 N–H and O–H groups in total. The lowest BCUT2D eigenvalue weighted by Crippen LogP contribution is -2.51. The Balaban J connectivity index is 1.11. The molecule has 1 unspecified atom stereocenters. The number of nitrogens with one attached hydrogen (secondary N) is 4. The summed E-state index contributed by atoms with van der Waals surface area (Å²) in [5.74, 6) is -1.29. The lowest BCUT2D eigenvalue weighted by Gasteiger charge is -2.31. The molecule has 6 atom stereocenters. The third-order valence-corrected chi connectivity index (χ3v) is 11.4. The van der Waals surface area contributed by atoms with Crippen LogP contribution in [0.2, 0.25) is 0 Å². The zero-order valence-corrected chi connectivity index (χ0v) is 30.3. The van der Waals surface area contributed by atoms with Crippen LogP contribution in [0.5, 0.6) is 0 Å². The standard InChI is InChI=1S/C38H45F3N10O4/c1-2-14-50(35(54)38(39,40)41)28-16-29(32(53)31(28)52)51-20-44-30-33(43-18-27-25-9-5-3-7-23(25)24-8-4-6-10-26(24)27)47-36(48-34(30)51)49-15-12-22(19-49)46-37(55)45-21-11-13-42-17-21/h3-10,20-22,27-29,31-32,42,52-53H,2,11-19H2,1H3,(H,43,47,48)(H2,45,46,55)/t21?,22-,28+,29-,31-,32+/m1/s1. The number of nitrogens with zero attached hydrogens (tertiary/aromatic N) is 6. The maximum Gasteiger partial charge on any atom is 0.471 e. The van der Waals surface area contributed by atoms with Gasteiger partial charge >= 0.3 is 18.1 Å². The molecule has 4 aromatic rings. The highest BCUT2D eigenvalue weighted by Gasteiger charge is 2.52. The molecule has 2 aromatic heterocycles. The zero-order chi connectivity index (χ0) is 38.4. The van der Waals surface area contributed by atoms with E-state index in [2.05, 4.69) is 50.5 Å². The van der Waals surface area contributed by atoms with E-state index in [1.165, 1.54) is 17.5 Å². The van der Waals surface area contributed by atoms with Crippen LogP contribution >= 0.6 is 0 Å². The maximum atomic E-state index is 13.6. The molecule has 17 heteroatoms. The summed E-state index contributed by atoms with van der Waals surface area (Å²) in [6.45, 7) is 4.41. The van der Waals surface area contributed by atoms with Crippen molar-refractivity contribution in [3.05, 3.63) is 66.0 Å². The fraction of sp³-hybridized carbons (Fsp3) is 0.500. The van der Waals surface area contributed by atoms with Crippen molar-refractivity contribution >= 4 is 34.9 Å². The molecule has 0 bridgehead atoms. The number of rotatable bonds is 10. The highest BCUT2D eigenvalue weighted by Crippen LogP contribution is 2.45. The number of alkyl halides is 3. The van der Waals surface area contributed by atoms with Crippen molar-refractivity contribution in [2.45, 2.75) is 81.1 Å². The number of hydrogen-bond acceptors (Lipinski definition) is 10. The Morgan fingerprint density at radius 2 is 1.69 bits per heavy atom. The van der Waals surface area contributed by atoms with Crippen LogP contribution in [0.25, 0.3) is 22.3 Å². The monoisotopic (exact) mass is 762 g/mol. The molecular formula is C38H45F3N10O4. The maximum absolute atomic E-state index is 13.6. The van der Waals surface area contributed by atoms with E-state index >= 15 is 0 Å². The molecule has 0 radical (unpaired) electrons. The molecule has 14 nitrogen and oxygen atoms in total. The number of fused-ring (bicyclic) bond motifs is 4. The number of aliphatic hydroxyl groups excluding tert-OH is 2. The summed E-state index contributed by atoms with van der Waals surface area (Å²) in [6, 6.07) is 13.9. The molecule has 2 aromatic carbocycles. The molecule has 4 heterocycles. The van der Waals surface area contributed by atoms with Gasteiger partial charge in [-0.05, 0) is 54.5 Å². The molecule has 0 spiro atoms. The Labute approximate surface area is 315 Å². The first-order valence-electron chi connectivity index (χ1n) is 18.9. The van der Waals surface area contributed by atoms with E-state index < -0.39 is 36.4 Å². The average Bonchev–Trinajstić information content (AvgIpc) is 4.02. The van der Waals surface area contributed by atoms with Gasteiger partial charge in [0.1, 0.15) is 12.2 Å². The third kappa shape index (κ3) is 7.04. The number of aromatic nitrogens is 4. The first-order chi connectivity index (χ1) is 26.5. The topological polar surface area (TPSA) is 173 Å². The third-order valence-electron chi connectivity index (χ3n) is 11.4. The van der Waals surface area contributed by atoms with Crippen molar-refractivity contribution in [3.63, 3.8) is 0 Å². The van der Waals surface area contributed by atoms with Crippen LogP contribution in [0.3, 0.4) is 0 Å². The molecule has 4 aliphatic rings. The second kappa shape index (κ2) is 14.9. The van der Waals surface area contributed by atoms with Crippen LogP contribution in [-0.4, -0.2) is 122 Å². The van der Waals surface area contributed by atoms with Gasteiger partial charge in [-0.25, -0.2) is 9.78 Å². The predicted molar refractivity (Wildman–Crippen MR) is 199 cm³/mol. The van der Waals surface area contributed by atoms with Crippen LogP contribution in [-0.2, 0) is 4.79 Å². The van der Waals surface area contributed by atoms with Gasteiger partial charge in [0, 0.05) is 50.7 Å². The zero-order valence-electron chi connectivity index (χ0n) is 30.3. The number of amides is 3. The molecule has 8 rings (SSSR count). The summed E-state index contributed by atoms with van der Waals surface area (Å²) in [6.07, 6.45) is -5.27. The van der Waals surface area contributed by atoms with Crippen molar-refractivity contribution in [2.24, 2.45) is 0 Å². The second-order valence-electron chi connectivity index (χ2n) is 14.9. The summed E-state index contributed by atoms with van der Waals surface area (Å²) in [4.78, 5) is 42.3. The molecule has 2 aliphatic carbocycles. The summed E-state index contributed by atoms with van der Waals surface area (Å²) >= 11 is 0. The van der Waals surface area contributed by atoms with Gasteiger partial charge in [-0.15, -0.1) is 0 Å². The van der Waals surface area contributed by atoms with Gasteiger partial charge in [0.25, 0.3) is 0 Å². The first-order valence-corrected chi connectivity index (χ1v) is 18.9. The van der Waals surface area contributed by atoms with E-state index in [4.69, 9.17) is 9.97 Å². The fourth-order valence-electron chi connectivity index (χ4n) is 8.73. The number of benzene rings is 2. The number of urea groups is 1. The molecule has 3 fully saturated rings. The summed E-state index contributed by atoms with van der Waals surface area (Å²) < 4.78 is 42.5. The van der Waals surface area contributed by atoms with E-state index in [1.54, 1.807) is 11.5 Å². The van der Waals surface area contributed by atoms with E-state index in [1.807, 2.05) is 29.2 Å². The SMILES string of the molecule is CCCN(C(=O)C(F)(F)F)[C@H]1C[C@@H](n2cnc3c(NCC4c5ccccc5-c5ccccc54)nc(N4CC[C@@H](NC(=O)NC5CCNC5)C4)nc32)[C@H](O)[C@@H]1O. The van der Waals surface area contributed by atoms with Crippen LogP contribution in [0.4, 0.5) is 29.7 Å². The minimum atomic E-state index is -5.14. The quantitative estimate of drug-likeness (QED) is 0.141. The largest absolute Gasteiger partial charge is 0.471 e. The van der Waals surface area contributed by atoms with Gasteiger partial charge in [0.15, 0.2) is 17.0 Å². The molecular weight excluding hydrogens is 717 g/mol. The Bertz CT molecular complexity index is 2010. The van der Waals surface area contributed by atoms with Gasteiger partial charge in [-0.2, -0.15) is 23.1 Å². The predicted octanol–water partition coefficient (Wildman–Crippen LogP) is 3.13. The number of anilines is 2. The van der Waals surface area contributed by atoms with Crippen molar-refractivity contribution in [1.82, 2.24) is 40.4 Å². The highest BCUT2D eigenvalue weighted by molar-refractivity contribution is 5.86. The van der Waals surface area contributed by atoms with Crippen molar-refractivity contribution < 1.29 is 33.0 Å². The van der Waals surface area contributed by atoms with E-state index in [9.17, 15) is 33.0 Å². The number of aliphatic hydroxyl groups is 2. The Kier molecular flexibility index (Phi) is 10.0. The van der Waals surface area contributed by atoms with E-state index in [0.29, 0.717) is 53.9 Å². The van der Waals surface area contributed by atoms with Gasteiger partial charge in [0.05, 0.1) is 18.4 Å². The molecule has 2 aliphatic heterocycles. The average molecular weight is 763 g/mol. The highest BCUT2D eigenvalue weighted by atomic mass is 19.4. The van der Waals surface area contributed by atoms with Crippen LogP contribution in [0.1, 0.15) is 55.7 Å². The van der Waals surface area contributed by atoms with Crippen LogP contribution in [0, 0.1) is 0 Å². The molecule has 55 heavy (non-hydrogen) atoms. The Hall–Kier alpha value is -5.00. The molecule has 1 saturated carbocycles. The number of halogens is 3. The van der Waals surface area contributed by atoms with Gasteiger partial charge in [-0.3, -0.25) is 4.79 Å². The van der Waals surface area contributed by atoms with Crippen LogP contribution in [0.15, 0.2) is 54.9 Å². The van der Waals surface area contributed by atoms with Gasteiger partial charge in [0.2, 0.25) is 5.95 Å². The summed E-state index contributed by atoms with van der Waals surface area (Å²) in [5.41, 5.74) is 5.36. The van der Waals surface area contributed by atoms with Crippen molar-refractivity contribution in [1.29, 1.82) is 0 Å². The van der Waals surface area contributed by atoms with Crippen molar-refractivity contribution in [2.75, 3.05) is 49.5 Å². The Morgan fingerprint density at radius 1 is 0.982 bits per heavy atom. The van der Waals surface area contributed by atoms with Crippen molar-refractivity contribution in [3.8, 4) is 11.1 Å². The first kappa shape index (κ1) is 36.9. The normalized spacial score (nSPS) is 24.9. The Morgan fingerprint density at radius 3 is 2.36 bits per heavy atom. The smallest absolute Gasteiger partial charge is 0.388 e. The molecule has 3 amide bonds. The number of hydrogen-bond donors (Lipinski definition) is 6. The minimum Gasteiger partial charge on any atom is -0.388 e. The minimum absolute atomic E-state index is 0.000163. The van der Waals surface area contributed by atoms with Gasteiger partial charge in [-0.1, -0.05) is 55.5 Å². The molecule has 292 valence electrons. The molecule has 2 saturated heterocycles. The summed E-state index contributed by atoms with van der Waals surface area (Å²) in [5, 5.41) is 35.3. The summed E-state index contributed by atoms with van der Waals surface area (Å²) in [7, 11) is 0. The number of carbonyl (C=O) groups excluding carboxylic acids is 2. The van der Waals surface area contributed by atoms with E-state index in [0.717, 1.165) is 30.6 Å². The lowest BCUT2D eigenvalue weighted by molar-refractivity contribution is -0.190. The fourth-order valence-corrected chi connectivity index (χ4v) is 8.73.